The predicted molar refractivity (Wildman–Crippen MR) is 43.5 cm³/mol. The summed E-state index contributed by atoms with van der Waals surface area (Å²) in [5, 5.41) is 8.42. The zero-order chi connectivity index (χ0) is 7.56. The largest absolute Gasteiger partial charge is 0.243 e. The molecule has 0 aliphatic carbocycles. The minimum atomic E-state index is 0.334. The van der Waals surface area contributed by atoms with Crippen molar-refractivity contribution in [1.29, 1.82) is 5.26 Å². The smallest absolute Gasteiger partial charge is 0.153 e. The summed E-state index contributed by atoms with van der Waals surface area (Å²) >= 11 is 8.03. The molecule has 10 heavy (non-hydrogen) atoms. The number of pyridine rings is 1. The van der Waals surface area contributed by atoms with Crippen LogP contribution in [0.2, 0.25) is 0 Å². The van der Waals surface area contributed by atoms with Crippen molar-refractivity contribution in [3.8, 4) is 6.07 Å². The summed E-state index contributed by atoms with van der Waals surface area (Å²) in [5.74, 6) is 0. The van der Waals surface area contributed by atoms with Crippen molar-refractivity contribution in [2.75, 3.05) is 0 Å². The van der Waals surface area contributed by atoms with E-state index in [0.29, 0.717) is 15.5 Å². The van der Waals surface area contributed by atoms with Crippen LogP contribution in [-0.4, -0.2) is 4.98 Å². The maximum atomic E-state index is 8.42. The molecule has 0 aliphatic rings. The van der Waals surface area contributed by atoms with Crippen molar-refractivity contribution < 1.29 is 0 Å². The Bertz CT molecular complexity index is 290. The molecule has 0 saturated heterocycles. The molecule has 1 rings (SSSR count). The fourth-order valence-corrected chi connectivity index (χ4v) is 1.06. The summed E-state index contributed by atoms with van der Waals surface area (Å²) < 4.78 is 0. The first-order valence-electron chi connectivity index (χ1n) is 2.52. The molecule has 0 atom stereocenters. The van der Waals surface area contributed by atoms with Crippen molar-refractivity contribution in [3.05, 3.63) is 18.0 Å². The van der Waals surface area contributed by atoms with Gasteiger partial charge in [0.15, 0.2) is 5.69 Å². The molecule has 0 radical (unpaired) electrons. The van der Waals surface area contributed by atoms with E-state index in [1.807, 2.05) is 6.07 Å². The Kier molecular flexibility index (Phi) is 2.20. The Morgan fingerprint density at radius 1 is 1.50 bits per heavy atom. The number of aromatic nitrogens is 1. The number of rotatable bonds is 0. The van der Waals surface area contributed by atoms with E-state index in [1.54, 1.807) is 6.07 Å². The predicted octanol–water partition coefficient (Wildman–Crippen LogP) is 1.53. The van der Waals surface area contributed by atoms with Gasteiger partial charge in [-0.1, -0.05) is 0 Å². The highest BCUT2D eigenvalue weighted by Gasteiger charge is 1.97. The zero-order valence-electron chi connectivity index (χ0n) is 4.94. The maximum absolute atomic E-state index is 8.42. The number of thiol groups is 2. The first-order chi connectivity index (χ1) is 4.74. The summed E-state index contributed by atoms with van der Waals surface area (Å²) in [7, 11) is 0. The van der Waals surface area contributed by atoms with Crippen LogP contribution in [-0.2, 0) is 0 Å². The van der Waals surface area contributed by atoms with Gasteiger partial charge in [0, 0.05) is 16.0 Å². The van der Waals surface area contributed by atoms with Crippen molar-refractivity contribution in [2.24, 2.45) is 0 Å². The first kappa shape index (κ1) is 7.45. The second-order valence-electron chi connectivity index (χ2n) is 1.67. The lowest BCUT2D eigenvalue weighted by molar-refractivity contribution is 1.12. The standard InChI is InChI=1S/C6H4N2S2/c7-2-5-6(10)1-4(9)3-8-5/h1,3,9-10H. The minimum absolute atomic E-state index is 0.334. The fourth-order valence-electron chi connectivity index (χ4n) is 0.529. The van der Waals surface area contributed by atoms with Crippen molar-refractivity contribution in [1.82, 2.24) is 4.98 Å². The second kappa shape index (κ2) is 2.95. The molecule has 0 saturated carbocycles. The summed E-state index contributed by atoms with van der Waals surface area (Å²) in [4.78, 5) is 5.06. The Hall–Kier alpha value is -0.660. The van der Waals surface area contributed by atoms with Crippen LogP contribution in [0.25, 0.3) is 0 Å². The van der Waals surface area contributed by atoms with Crippen LogP contribution in [0, 0.1) is 11.3 Å². The topological polar surface area (TPSA) is 36.7 Å². The Morgan fingerprint density at radius 3 is 2.70 bits per heavy atom. The van der Waals surface area contributed by atoms with Crippen molar-refractivity contribution in [3.63, 3.8) is 0 Å². The highest BCUT2D eigenvalue weighted by Crippen LogP contribution is 2.13. The second-order valence-corrected chi connectivity index (χ2v) is 2.67. The molecular formula is C6H4N2S2. The minimum Gasteiger partial charge on any atom is -0.243 e. The van der Waals surface area contributed by atoms with Gasteiger partial charge in [0.25, 0.3) is 0 Å². The number of hydrogen-bond acceptors (Lipinski definition) is 4. The van der Waals surface area contributed by atoms with Crippen LogP contribution in [0.15, 0.2) is 22.1 Å². The molecule has 0 spiro atoms. The van der Waals surface area contributed by atoms with Gasteiger partial charge in [0.1, 0.15) is 6.07 Å². The molecule has 0 aromatic carbocycles. The Labute approximate surface area is 69.7 Å². The van der Waals surface area contributed by atoms with Crippen molar-refractivity contribution in [2.45, 2.75) is 9.79 Å². The van der Waals surface area contributed by atoms with Gasteiger partial charge in [-0.05, 0) is 6.07 Å². The van der Waals surface area contributed by atoms with E-state index in [-0.39, 0.29) is 0 Å². The molecule has 1 aromatic heterocycles. The van der Waals surface area contributed by atoms with E-state index in [4.69, 9.17) is 5.26 Å². The molecule has 0 N–H and O–H groups in total. The normalized spacial score (nSPS) is 8.90. The lowest BCUT2D eigenvalue weighted by atomic mass is 10.4. The number of nitrogens with zero attached hydrogens (tertiary/aromatic N) is 2. The van der Waals surface area contributed by atoms with Crippen LogP contribution in [0.1, 0.15) is 5.69 Å². The highest BCUT2D eigenvalue weighted by molar-refractivity contribution is 7.81. The van der Waals surface area contributed by atoms with Crippen LogP contribution >= 0.6 is 25.3 Å². The third-order valence-electron chi connectivity index (χ3n) is 0.959. The summed E-state index contributed by atoms with van der Waals surface area (Å²) in [6.07, 6.45) is 1.52. The molecule has 1 aromatic rings. The molecule has 0 bridgehead atoms. The molecule has 0 fully saturated rings. The molecule has 50 valence electrons. The van der Waals surface area contributed by atoms with Crippen LogP contribution in [0.3, 0.4) is 0 Å². The van der Waals surface area contributed by atoms with E-state index in [0.717, 1.165) is 0 Å². The molecule has 0 amide bonds. The Morgan fingerprint density at radius 2 is 2.20 bits per heavy atom. The summed E-state index contributed by atoms with van der Waals surface area (Å²) in [5.41, 5.74) is 0.334. The average Bonchev–Trinajstić information content (AvgIpc) is 1.88. The van der Waals surface area contributed by atoms with Gasteiger partial charge < -0.3 is 0 Å². The monoisotopic (exact) mass is 168 g/mol. The first-order valence-corrected chi connectivity index (χ1v) is 3.41. The van der Waals surface area contributed by atoms with Crippen LogP contribution in [0.5, 0.6) is 0 Å². The van der Waals surface area contributed by atoms with Crippen molar-refractivity contribution >= 4 is 25.3 Å². The zero-order valence-corrected chi connectivity index (χ0v) is 6.73. The van der Waals surface area contributed by atoms with Crippen LogP contribution < -0.4 is 0 Å². The van der Waals surface area contributed by atoms with Crippen LogP contribution in [0.4, 0.5) is 0 Å². The number of hydrogen-bond donors (Lipinski definition) is 2. The van der Waals surface area contributed by atoms with E-state index < -0.39 is 0 Å². The number of nitriles is 1. The summed E-state index contributed by atoms with van der Waals surface area (Å²) in [6, 6.07) is 3.58. The fraction of sp³-hybridized carbons (Fsp3) is 0. The SMILES string of the molecule is N#Cc1ncc(S)cc1S. The molecular weight excluding hydrogens is 164 g/mol. The van der Waals surface area contributed by atoms with Gasteiger partial charge in [-0.3, -0.25) is 0 Å². The molecule has 1 heterocycles. The van der Waals surface area contributed by atoms with Gasteiger partial charge in [-0.15, -0.1) is 25.3 Å². The highest BCUT2D eigenvalue weighted by atomic mass is 32.1. The van der Waals surface area contributed by atoms with E-state index in [2.05, 4.69) is 30.2 Å². The lowest BCUT2D eigenvalue weighted by Crippen LogP contribution is -1.83. The Balaban J connectivity index is 3.23. The third-order valence-corrected chi connectivity index (χ3v) is 1.54. The van der Waals surface area contributed by atoms with Gasteiger partial charge >= 0.3 is 0 Å². The average molecular weight is 168 g/mol. The quantitative estimate of drug-likeness (QED) is 0.576. The van der Waals surface area contributed by atoms with E-state index >= 15 is 0 Å². The lowest BCUT2D eigenvalue weighted by Gasteiger charge is -1.93. The van der Waals surface area contributed by atoms with Gasteiger partial charge in [-0.2, -0.15) is 5.26 Å². The van der Waals surface area contributed by atoms with Gasteiger partial charge in [0.05, 0.1) is 0 Å². The van der Waals surface area contributed by atoms with Gasteiger partial charge in [0.2, 0.25) is 0 Å². The maximum Gasteiger partial charge on any atom is 0.153 e. The molecule has 0 unspecified atom stereocenters. The third kappa shape index (κ3) is 1.43. The van der Waals surface area contributed by atoms with E-state index in [9.17, 15) is 0 Å². The molecule has 2 nitrogen and oxygen atoms in total. The van der Waals surface area contributed by atoms with Gasteiger partial charge in [-0.25, -0.2) is 4.98 Å². The summed E-state index contributed by atoms with van der Waals surface area (Å²) in [6.45, 7) is 0. The molecule has 0 aliphatic heterocycles. The van der Waals surface area contributed by atoms with E-state index in [1.165, 1.54) is 6.20 Å². The molecule has 4 heteroatoms.